The minimum absolute atomic E-state index is 0.0510. The number of aliphatic carboxylic acids is 1. The number of nitrogens with one attached hydrogen (secondary N) is 1. The van der Waals surface area contributed by atoms with E-state index in [0.717, 1.165) is 21.3 Å². The Morgan fingerprint density at radius 2 is 1.90 bits per heavy atom. The zero-order valence-electron chi connectivity index (χ0n) is 11.2. The second kappa shape index (κ2) is 6.57. The Morgan fingerprint density at radius 1 is 1.20 bits per heavy atom. The van der Waals surface area contributed by atoms with Gasteiger partial charge in [-0.25, -0.2) is 0 Å². The van der Waals surface area contributed by atoms with E-state index in [-0.39, 0.29) is 6.42 Å². The lowest BCUT2D eigenvalue weighted by atomic mass is 10.0. The molecule has 0 fully saturated rings. The summed E-state index contributed by atoms with van der Waals surface area (Å²) >= 11 is 3.47. The first-order valence-electron chi connectivity index (χ1n) is 6.34. The summed E-state index contributed by atoms with van der Waals surface area (Å²) < 4.78 is 1.03. The first-order valence-corrected chi connectivity index (χ1v) is 7.13. The third-order valence-electron chi connectivity index (χ3n) is 2.99. The average molecular weight is 334 g/mol. The minimum Gasteiger partial charge on any atom is -0.481 e. The summed E-state index contributed by atoms with van der Waals surface area (Å²) in [6, 6.07) is 13.7. The summed E-state index contributed by atoms with van der Waals surface area (Å²) in [7, 11) is 0. The molecule has 2 N–H and O–H groups in total. The van der Waals surface area contributed by atoms with Gasteiger partial charge in [-0.2, -0.15) is 0 Å². The molecule has 0 saturated heterocycles. The van der Waals surface area contributed by atoms with Crippen LogP contribution in [0.5, 0.6) is 0 Å². The largest absolute Gasteiger partial charge is 0.481 e. The highest BCUT2D eigenvalue weighted by Gasteiger charge is 2.06. The molecule has 0 radical (unpaired) electrons. The molecule has 2 aromatic carbocycles. The van der Waals surface area contributed by atoms with Gasteiger partial charge in [-0.3, -0.25) is 4.79 Å². The van der Waals surface area contributed by atoms with Crippen LogP contribution in [0.25, 0.3) is 0 Å². The quantitative estimate of drug-likeness (QED) is 0.869. The molecule has 0 amide bonds. The van der Waals surface area contributed by atoms with Crippen molar-refractivity contribution in [3.05, 3.63) is 63.6 Å². The van der Waals surface area contributed by atoms with Gasteiger partial charge in [0.05, 0.1) is 6.42 Å². The van der Waals surface area contributed by atoms with Crippen molar-refractivity contribution in [2.45, 2.75) is 19.9 Å². The van der Waals surface area contributed by atoms with Crippen molar-refractivity contribution in [3.63, 3.8) is 0 Å². The molecule has 0 aliphatic heterocycles. The molecule has 104 valence electrons. The molecule has 0 bridgehead atoms. The molecule has 0 atom stereocenters. The monoisotopic (exact) mass is 333 g/mol. The number of halogens is 1. The molecule has 0 aromatic heterocycles. The Kier molecular flexibility index (Phi) is 4.79. The van der Waals surface area contributed by atoms with Gasteiger partial charge in [-0.05, 0) is 41.8 Å². The fourth-order valence-electron chi connectivity index (χ4n) is 2.10. The predicted molar refractivity (Wildman–Crippen MR) is 84.0 cm³/mol. The number of anilines is 1. The molecule has 2 rings (SSSR count). The van der Waals surface area contributed by atoms with Crippen LogP contribution in [-0.4, -0.2) is 11.1 Å². The minimum atomic E-state index is -0.809. The van der Waals surface area contributed by atoms with Crippen LogP contribution in [-0.2, 0) is 17.8 Å². The maximum absolute atomic E-state index is 10.9. The third-order valence-corrected chi connectivity index (χ3v) is 3.44. The second-order valence-corrected chi connectivity index (χ2v) is 5.63. The maximum Gasteiger partial charge on any atom is 0.307 e. The molecular formula is C16H16BrNO2. The highest BCUT2D eigenvalue weighted by molar-refractivity contribution is 9.10. The third kappa shape index (κ3) is 4.10. The van der Waals surface area contributed by atoms with E-state index in [1.807, 2.05) is 43.3 Å². The number of carbonyl (C=O) groups is 1. The SMILES string of the molecule is Cc1cc(Br)cc(NCc2ccccc2CC(=O)O)c1. The molecule has 4 heteroatoms. The lowest BCUT2D eigenvalue weighted by Gasteiger charge is -2.11. The van der Waals surface area contributed by atoms with Crippen molar-refractivity contribution in [1.82, 2.24) is 0 Å². The zero-order chi connectivity index (χ0) is 14.5. The van der Waals surface area contributed by atoms with Crippen LogP contribution in [0.1, 0.15) is 16.7 Å². The fourth-order valence-corrected chi connectivity index (χ4v) is 2.71. The lowest BCUT2D eigenvalue weighted by molar-refractivity contribution is -0.136. The van der Waals surface area contributed by atoms with E-state index in [1.165, 1.54) is 5.56 Å². The van der Waals surface area contributed by atoms with Crippen LogP contribution in [0.15, 0.2) is 46.9 Å². The van der Waals surface area contributed by atoms with E-state index in [2.05, 4.69) is 27.3 Å². The van der Waals surface area contributed by atoms with E-state index in [4.69, 9.17) is 5.11 Å². The first kappa shape index (κ1) is 14.6. The van der Waals surface area contributed by atoms with Crippen LogP contribution < -0.4 is 5.32 Å². The summed E-state index contributed by atoms with van der Waals surface area (Å²) in [6.45, 7) is 2.65. The summed E-state index contributed by atoms with van der Waals surface area (Å²) in [6.07, 6.45) is 0.0510. The topological polar surface area (TPSA) is 49.3 Å². The van der Waals surface area contributed by atoms with E-state index in [0.29, 0.717) is 6.54 Å². The van der Waals surface area contributed by atoms with Crippen molar-refractivity contribution in [2.75, 3.05) is 5.32 Å². The van der Waals surface area contributed by atoms with E-state index in [9.17, 15) is 4.79 Å². The molecule has 0 heterocycles. The van der Waals surface area contributed by atoms with E-state index >= 15 is 0 Å². The lowest BCUT2D eigenvalue weighted by Crippen LogP contribution is -2.07. The van der Waals surface area contributed by atoms with Gasteiger partial charge in [0.2, 0.25) is 0 Å². The van der Waals surface area contributed by atoms with Crippen LogP contribution in [0.4, 0.5) is 5.69 Å². The van der Waals surface area contributed by atoms with Crippen LogP contribution in [0.3, 0.4) is 0 Å². The molecule has 0 spiro atoms. The van der Waals surface area contributed by atoms with Gasteiger partial charge in [0.1, 0.15) is 0 Å². The van der Waals surface area contributed by atoms with Gasteiger partial charge < -0.3 is 10.4 Å². The number of carboxylic acid groups (broad SMARTS) is 1. The number of benzene rings is 2. The normalized spacial score (nSPS) is 10.3. The smallest absolute Gasteiger partial charge is 0.307 e. The standard InChI is InChI=1S/C16H16BrNO2/c1-11-6-14(17)9-15(7-11)18-10-13-5-3-2-4-12(13)8-16(19)20/h2-7,9,18H,8,10H2,1H3,(H,19,20). The Hall–Kier alpha value is -1.81. The van der Waals surface area contributed by atoms with Crippen molar-refractivity contribution in [1.29, 1.82) is 0 Å². The predicted octanol–water partition coefficient (Wildman–Crippen LogP) is 4.00. The van der Waals surface area contributed by atoms with Crippen molar-refractivity contribution in [2.24, 2.45) is 0 Å². The molecule has 2 aromatic rings. The van der Waals surface area contributed by atoms with Gasteiger partial charge >= 0.3 is 5.97 Å². The molecule has 0 aliphatic rings. The number of carboxylic acids is 1. The fraction of sp³-hybridized carbons (Fsp3) is 0.188. The van der Waals surface area contributed by atoms with E-state index in [1.54, 1.807) is 0 Å². The van der Waals surface area contributed by atoms with E-state index < -0.39 is 5.97 Å². The molecule has 3 nitrogen and oxygen atoms in total. The number of aryl methyl sites for hydroxylation is 1. The molecule has 20 heavy (non-hydrogen) atoms. The van der Waals surface area contributed by atoms with Gasteiger partial charge in [-0.15, -0.1) is 0 Å². The Morgan fingerprint density at radius 3 is 2.55 bits per heavy atom. The van der Waals surface area contributed by atoms with Gasteiger partial charge in [0.25, 0.3) is 0 Å². The van der Waals surface area contributed by atoms with Crippen LogP contribution in [0.2, 0.25) is 0 Å². The molecule has 0 aliphatic carbocycles. The molecule has 0 unspecified atom stereocenters. The Bertz CT molecular complexity index is 605. The van der Waals surface area contributed by atoms with Crippen LogP contribution in [0, 0.1) is 6.92 Å². The molecular weight excluding hydrogens is 318 g/mol. The van der Waals surface area contributed by atoms with Gasteiger partial charge in [0, 0.05) is 16.7 Å². The van der Waals surface area contributed by atoms with Crippen molar-refractivity contribution < 1.29 is 9.90 Å². The van der Waals surface area contributed by atoms with Crippen molar-refractivity contribution in [3.8, 4) is 0 Å². The molecule has 0 saturated carbocycles. The summed E-state index contributed by atoms with van der Waals surface area (Å²) in [5, 5.41) is 12.3. The summed E-state index contributed by atoms with van der Waals surface area (Å²) in [5.41, 5.74) is 4.04. The number of hydrogen-bond acceptors (Lipinski definition) is 2. The number of rotatable bonds is 5. The van der Waals surface area contributed by atoms with Crippen molar-refractivity contribution >= 4 is 27.6 Å². The summed E-state index contributed by atoms with van der Waals surface area (Å²) in [5.74, 6) is -0.809. The Labute approximate surface area is 126 Å². The average Bonchev–Trinajstić information content (AvgIpc) is 2.36. The first-order chi connectivity index (χ1) is 9.54. The maximum atomic E-state index is 10.9. The number of hydrogen-bond donors (Lipinski definition) is 2. The zero-order valence-corrected chi connectivity index (χ0v) is 12.8. The van der Waals surface area contributed by atoms with Crippen LogP contribution >= 0.6 is 15.9 Å². The highest BCUT2D eigenvalue weighted by atomic mass is 79.9. The second-order valence-electron chi connectivity index (χ2n) is 4.71. The summed E-state index contributed by atoms with van der Waals surface area (Å²) in [4.78, 5) is 10.9. The van der Waals surface area contributed by atoms with Gasteiger partial charge in [-0.1, -0.05) is 40.2 Å². The Balaban J connectivity index is 2.12. The van der Waals surface area contributed by atoms with Gasteiger partial charge in [0.15, 0.2) is 0 Å². The highest BCUT2D eigenvalue weighted by Crippen LogP contribution is 2.20.